The van der Waals surface area contributed by atoms with Gasteiger partial charge < -0.3 is 9.47 Å². The van der Waals surface area contributed by atoms with Crippen LogP contribution in [0, 0.1) is 11.3 Å². The zero-order valence-corrected chi connectivity index (χ0v) is 12.1. The summed E-state index contributed by atoms with van der Waals surface area (Å²) in [4.78, 5) is 12.0. The maximum Gasteiger partial charge on any atom is 0.154 e. The highest BCUT2D eigenvalue weighted by Crippen LogP contribution is 2.28. The Morgan fingerprint density at radius 1 is 1.25 bits per heavy atom. The van der Waals surface area contributed by atoms with Crippen LogP contribution in [0.15, 0.2) is 30.3 Å². The third-order valence-electron chi connectivity index (χ3n) is 3.32. The first-order valence-electron chi connectivity index (χ1n) is 6.72. The lowest BCUT2D eigenvalue weighted by atomic mass is 9.76. The lowest BCUT2D eigenvalue weighted by molar-refractivity contribution is -0.121. The third-order valence-corrected chi connectivity index (χ3v) is 3.32. The van der Waals surface area contributed by atoms with E-state index in [4.69, 9.17) is 9.47 Å². The van der Waals surface area contributed by atoms with Gasteiger partial charge in [-0.1, -0.05) is 30.3 Å². The number of nitriles is 1. The zero-order valence-electron chi connectivity index (χ0n) is 12.1. The Hall–Kier alpha value is -1.70. The van der Waals surface area contributed by atoms with Gasteiger partial charge in [0.2, 0.25) is 0 Å². The van der Waals surface area contributed by atoms with Gasteiger partial charge in [-0.15, -0.1) is 0 Å². The maximum absolute atomic E-state index is 12.0. The normalized spacial score (nSPS) is 13.4. The highest BCUT2D eigenvalue weighted by molar-refractivity contribution is 5.91. The molecule has 20 heavy (non-hydrogen) atoms. The topological polar surface area (TPSA) is 59.3 Å². The Kier molecular flexibility index (Phi) is 6.92. The van der Waals surface area contributed by atoms with Crippen molar-refractivity contribution in [2.75, 3.05) is 26.9 Å². The number of carbonyl (C=O) groups is 1. The predicted molar refractivity (Wildman–Crippen MR) is 76.3 cm³/mol. The van der Waals surface area contributed by atoms with Gasteiger partial charge in [0.05, 0.1) is 6.07 Å². The first kappa shape index (κ1) is 16.4. The summed E-state index contributed by atoms with van der Waals surface area (Å²) in [5, 5.41) is 9.49. The fourth-order valence-electron chi connectivity index (χ4n) is 2.08. The van der Waals surface area contributed by atoms with Gasteiger partial charge in [-0.25, -0.2) is 0 Å². The van der Waals surface area contributed by atoms with Crippen LogP contribution in [0.2, 0.25) is 0 Å². The summed E-state index contributed by atoms with van der Waals surface area (Å²) in [7, 11) is 1.64. The Bertz CT molecular complexity index is 453. The lowest BCUT2D eigenvalue weighted by Gasteiger charge is -2.24. The molecule has 0 aliphatic rings. The van der Waals surface area contributed by atoms with Gasteiger partial charge in [-0.3, -0.25) is 4.79 Å². The molecule has 0 N–H and O–H groups in total. The second-order valence-corrected chi connectivity index (χ2v) is 4.65. The summed E-state index contributed by atoms with van der Waals surface area (Å²) >= 11 is 0. The highest BCUT2D eigenvalue weighted by atomic mass is 16.5. The number of Topliss-reactive ketones (excluding diaryl/α,β-unsaturated/α-hetero) is 1. The van der Waals surface area contributed by atoms with Gasteiger partial charge in [-0.2, -0.15) is 5.26 Å². The summed E-state index contributed by atoms with van der Waals surface area (Å²) in [5.74, 6) is -0.147. The zero-order chi connectivity index (χ0) is 14.8. The minimum atomic E-state index is -1.11. The van der Waals surface area contributed by atoms with E-state index >= 15 is 0 Å². The molecule has 0 aromatic heterocycles. The van der Waals surface area contributed by atoms with Crippen LogP contribution in [-0.4, -0.2) is 32.7 Å². The summed E-state index contributed by atoms with van der Waals surface area (Å²) in [5.41, 5.74) is -0.377. The van der Waals surface area contributed by atoms with Crippen LogP contribution in [0.1, 0.15) is 25.3 Å². The van der Waals surface area contributed by atoms with Crippen LogP contribution in [0.25, 0.3) is 0 Å². The molecular weight excluding hydrogens is 254 g/mol. The van der Waals surface area contributed by atoms with E-state index in [0.717, 1.165) is 12.0 Å². The minimum Gasteiger partial charge on any atom is -0.385 e. The Labute approximate surface area is 120 Å². The van der Waals surface area contributed by atoms with Crippen LogP contribution in [0.5, 0.6) is 0 Å². The number of benzene rings is 1. The predicted octanol–water partition coefficient (Wildman–Crippen LogP) is 2.48. The van der Waals surface area contributed by atoms with Crippen molar-refractivity contribution >= 4 is 5.78 Å². The van der Waals surface area contributed by atoms with Crippen LogP contribution in [0.3, 0.4) is 0 Å². The van der Waals surface area contributed by atoms with Crippen molar-refractivity contribution in [1.29, 1.82) is 5.26 Å². The molecule has 0 radical (unpaired) electrons. The van der Waals surface area contributed by atoms with Crippen molar-refractivity contribution in [1.82, 2.24) is 0 Å². The molecular formula is C16H21NO3. The maximum atomic E-state index is 12.0. The molecule has 1 aromatic rings. The van der Waals surface area contributed by atoms with Crippen molar-refractivity contribution in [2.45, 2.75) is 25.2 Å². The number of nitrogens with zero attached hydrogens (tertiary/aromatic N) is 1. The molecule has 0 spiro atoms. The Morgan fingerprint density at radius 3 is 2.50 bits per heavy atom. The summed E-state index contributed by atoms with van der Waals surface area (Å²) in [6.07, 6.45) is 1.18. The van der Waals surface area contributed by atoms with E-state index in [2.05, 4.69) is 6.07 Å². The molecule has 0 aliphatic heterocycles. The Balaban J connectivity index is 2.67. The van der Waals surface area contributed by atoms with Crippen molar-refractivity contribution in [3.05, 3.63) is 35.9 Å². The molecule has 108 valence electrons. The van der Waals surface area contributed by atoms with E-state index < -0.39 is 5.41 Å². The van der Waals surface area contributed by atoms with E-state index in [1.807, 2.05) is 30.3 Å². The summed E-state index contributed by atoms with van der Waals surface area (Å²) in [6.45, 7) is 3.06. The molecule has 0 aliphatic carbocycles. The molecule has 0 heterocycles. The van der Waals surface area contributed by atoms with Gasteiger partial charge in [0.25, 0.3) is 0 Å². The van der Waals surface area contributed by atoms with E-state index in [9.17, 15) is 10.1 Å². The fourth-order valence-corrected chi connectivity index (χ4v) is 2.08. The average molecular weight is 275 g/mol. The number of methoxy groups -OCH3 is 1. The van der Waals surface area contributed by atoms with Crippen molar-refractivity contribution < 1.29 is 14.3 Å². The molecule has 1 aromatic carbocycles. The first-order chi connectivity index (χ1) is 9.67. The molecule has 0 saturated heterocycles. The summed E-state index contributed by atoms with van der Waals surface area (Å²) < 4.78 is 10.4. The number of carbonyl (C=O) groups excluding carboxylic acids is 1. The van der Waals surface area contributed by atoms with Crippen LogP contribution < -0.4 is 0 Å². The van der Waals surface area contributed by atoms with E-state index in [0.29, 0.717) is 26.2 Å². The van der Waals surface area contributed by atoms with Gasteiger partial charge in [-0.05, 0) is 18.9 Å². The van der Waals surface area contributed by atoms with Gasteiger partial charge in [0.1, 0.15) is 5.41 Å². The SMILES string of the molecule is COCCCOCCC(C#N)(C(C)=O)c1ccccc1. The van der Waals surface area contributed by atoms with E-state index in [1.165, 1.54) is 6.92 Å². The standard InChI is InChI=1S/C16H21NO3/c1-14(18)16(13-17,15-7-4-3-5-8-15)9-12-20-11-6-10-19-2/h3-5,7-8H,6,9-12H2,1-2H3. The lowest BCUT2D eigenvalue weighted by Crippen LogP contribution is -2.34. The van der Waals surface area contributed by atoms with Crippen molar-refractivity contribution in [3.63, 3.8) is 0 Å². The molecule has 0 saturated carbocycles. The number of ketones is 1. The quantitative estimate of drug-likeness (QED) is 0.650. The second kappa shape index (κ2) is 8.47. The molecule has 1 rings (SSSR count). The van der Waals surface area contributed by atoms with Crippen LogP contribution in [0.4, 0.5) is 0 Å². The minimum absolute atomic E-state index is 0.147. The molecule has 0 bridgehead atoms. The number of ether oxygens (including phenoxy) is 2. The van der Waals surface area contributed by atoms with Gasteiger partial charge in [0.15, 0.2) is 5.78 Å². The smallest absolute Gasteiger partial charge is 0.154 e. The first-order valence-corrected chi connectivity index (χ1v) is 6.72. The molecule has 0 amide bonds. The number of hydrogen-bond acceptors (Lipinski definition) is 4. The highest BCUT2D eigenvalue weighted by Gasteiger charge is 2.37. The monoisotopic (exact) mass is 275 g/mol. The fraction of sp³-hybridized carbons (Fsp3) is 0.500. The molecule has 4 nitrogen and oxygen atoms in total. The van der Waals surface area contributed by atoms with Crippen LogP contribution >= 0.6 is 0 Å². The van der Waals surface area contributed by atoms with Crippen molar-refractivity contribution in [2.24, 2.45) is 0 Å². The molecule has 1 atom stereocenters. The average Bonchev–Trinajstić information content (AvgIpc) is 2.47. The number of rotatable bonds is 9. The van der Waals surface area contributed by atoms with Gasteiger partial charge >= 0.3 is 0 Å². The Morgan fingerprint density at radius 2 is 1.95 bits per heavy atom. The second-order valence-electron chi connectivity index (χ2n) is 4.65. The van der Waals surface area contributed by atoms with Crippen molar-refractivity contribution in [3.8, 4) is 6.07 Å². The van der Waals surface area contributed by atoms with E-state index in [1.54, 1.807) is 7.11 Å². The number of hydrogen-bond donors (Lipinski definition) is 0. The molecule has 4 heteroatoms. The molecule has 0 fully saturated rings. The van der Waals surface area contributed by atoms with E-state index in [-0.39, 0.29) is 5.78 Å². The summed E-state index contributed by atoms with van der Waals surface area (Å²) in [6, 6.07) is 11.4. The van der Waals surface area contributed by atoms with Crippen LogP contribution in [-0.2, 0) is 19.7 Å². The van der Waals surface area contributed by atoms with Gasteiger partial charge in [0, 0.05) is 33.4 Å². The largest absolute Gasteiger partial charge is 0.385 e. The molecule has 1 unspecified atom stereocenters. The third kappa shape index (κ3) is 4.16.